The maximum absolute atomic E-state index is 9.99. The van der Waals surface area contributed by atoms with Crippen molar-refractivity contribution in [3.63, 3.8) is 0 Å². The van der Waals surface area contributed by atoms with Crippen molar-refractivity contribution in [1.29, 1.82) is 5.26 Å². The van der Waals surface area contributed by atoms with Gasteiger partial charge in [-0.2, -0.15) is 5.26 Å². The third kappa shape index (κ3) is 6.30. The number of nitrogens with zero attached hydrogens (tertiary/aromatic N) is 3. The number of benzene rings is 2. The van der Waals surface area contributed by atoms with E-state index in [1.54, 1.807) is 6.92 Å². The first kappa shape index (κ1) is 25.3. The average molecular weight is 496 g/mol. The fourth-order valence-electron chi connectivity index (χ4n) is 5.76. The number of nitriles is 1. The van der Waals surface area contributed by atoms with Crippen LogP contribution in [0, 0.1) is 11.3 Å². The molecule has 2 aliphatic rings. The minimum atomic E-state index is -0.485. The number of nitrogens with one attached hydrogen (secondary N) is 2. The molecule has 0 spiro atoms. The molecule has 3 N–H and O–H groups in total. The van der Waals surface area contributed by atoms with Crippen LogP contribution in [0.5, 0.6) is 0 Å². The minimum Gasteiger partial charge on any atom is -0.389 e. The highest BCUT2D eigenvalue weighted by molar-refractivity contribution is 5.67. The first-order chi connectivity index (χ1) is 18.1. The number of rotatable bonds is 7. The van der Waals surface area contributed by atoms with E-state index in [4.69, 9.17) is 5.26 Å². The van der Waals surface area contributed by atoms with Gasteiger partial charge in [-0.25, -0.2) is 4.98 Å². The summed E-state index contributed by atoms with van der Waals surface area (Å²) in [6, 6.07) is 23.6. The zero-order valence-corrected chi connectivity index (χ0v) is 21.6. The Morgan fingerprint density at radius 1 is 0.973 bits per heavy atom. The Morgan fingerprint density at radius 3 is 2.54 bits per heavy atom. The summed E-state index contributed by atoms with van der Waals surface area (Å²) in [5.74, 6) is 0.904. The van der Waals surface area contributed by atoms with Crippen molar-refractivity contribution in [2.24, 2.45) is 0 Å². The van der Waals surface area contributed by atoms with Crippen molar-refractivity contribution in [1.82, 2.24) is 10.3 Å². The van der Waals surface area contributed by atoms with Gasteiger partial charge in [-0.15, -0.1) is 0 Å². The van der Waals surface area contributed by atoms with Crippen LogP contribution in [0.2, 0.25) is 0 Å². The number of hydrogen-bond donors (Lipinski definition) is 3. The molecule has 2 heterocycles. The van der Waals surface area contributed by atoms with Gasteiger partial charge in [-0.3, -0.25) is 0 Å². The fraction of sp³-hybridized carbons (Fsp3) is 0.419. The predicted molar refractivity (Wildman–Crippen MR) is 150 cm³/mol. The van der Waals surface area contributed by atoms with Gasteiger partial charge in [0.15, 0.2) is 0 Å². The summed E-state index contributed by atoms with van der Waals surface area (Å²) in [6.07, 6.45) is 8.51. The molecule has 37 heavy (non-hydrogen) atoms. The van der Waals surface area contributed by atoms with E-state index in [-0.39, 0.29) is 0 Å². The molecular weight excluding hydrogens is 458 g/mol. The molecule has 4 atom stereocenters. The molecule has 1 aromatic heterocycles. The highest BCUT2D eigenvalue weighted by Gasteiger charge is 2.29. The molecule has 0 unspecified atom stereocenters. The van der Waals surface area contributed by atoms with E-state index in [9.17, 15) is 5.11 Å². The van der Waals surface area contributed by atoms with Crippen molar-refractivity contribution >= 4 is 11.5 Å². The summed E-state index contributed by atoms with van der Waals surface area (Å²) in [4.78, 5) is 7.09. The predicted octanol–water partition coefficient (Wildman–Crippen LogP) is 5.66. The second-order valence-electron chi connectivity index (χ2n) is 10.5. The molecule has 1 aliphatic carbocycles. The molecule has 3 aromatic rings. The number of aliphatic hydroxyl groups excluding tert-OH is 1. The SMILES string of the molecule is C[C@@H](O)c1cccc(-c2ccnc(N[C@@H]3CCCC[C@H]3N[C@H]3CCCN(c4ccc(C#N)cc4)C3)c2)c1. The first-order valence-corrected chi connectivity index (χ1v) is 13.6. The standard InChI is InChI=1S/C31H37N5O/c1-22(37)24-6-4-7-25(18-24)26-15-16-33-31(19-26)35-30-10-3-2-9-29(30)34-27-8-5-17-36(21-27)28-13-11-23(20-32)12-14-28/h4,6-7,11-16,18-19,22,27,29-30,34,37H,2-3,5,8-10,17,21H2,1H3,(H,33,35)/t22-,27+,29-,30-/m1/s1. The van der Waals surface area contributed by atoms with Gasteiger partial charge >= 0.3 is 0 Å². The highest BCUT2D eigenvalue weighted by Crippen LogP contribution is 2.28. The maximum Gasteiger partial charge on any atom is 0.126 e. The van der Waals surface area contributed by atoms with Gasteiger partial charge in [0.05, 0.1) is 17.7 Å². The third-order valence-electron chi connectivity index (χ3n) is 7.79. The quantitative estimate of drug-likeness (QED) is 0.393. The molecule has 6 heteroatoms. The maximum atomic E-state index is 9.99. The summed E-state index contributed by atoms with van der Waals surface area (Å²) in [5.41, 5.74) is 5.02. The Balaban J connectivity index is 1.25. The lowest BCUT2D eigenvalue weighted by atomic mass is 9.89. The van der Waals surface area contributed by atoms with E-state index in [2.05, 4.69) is 56.9 Å². The second-order valence-corrected chi connectivity index (χ2v) is 10.5. The monoisotopic (exact) mass is 495 g/mol. The lowest BCUT2D eigenvalue weighted by Gasteiger charge is -2.40. The number of anilines is 2. The van der Waals surface area contributed by atoms with Crippen molar-refractivity contribution in [3.8, 4) is 17.2 Å². The van der Waals surface area contributed by atoms with E-state index in [1.807, 2.05) is 36.5 Å². The molecular formula is C31H37N5O. The minimum absolute atomic E-state index is 0.339. The Morgan fingerprint density at radius 2 is 1.76 bits per heavy atom. The number of hydrogen-bond acceptors (Lipinski definition) is 6. The molecule has 192 valence electrons. The summed E-state index contributed by atoms with van der Waals surface area (Å²) >= 11 is 0. The Kier molecular flexibility index (Phi) is 8.03. The molecule has 1 aliphatic heterocycles. The fourth-order valence-corrected chi connectivity index (χ4v) is 5.76. The van der Waals surface area contributed by atoms with Crippen molar-refractivity contribution in [2.45, 2.75) is 69.7 Å². The van der Waals surface area contributed by atoms with Gasteiger partial charge in [0, 0.05) is 43.1 Å². The van der Waals surface area contributed by atoms with Gasteiger partial charge in [0.2, 0.25) is 0 Å². The largest absolute Gasteiger partial charge is 0.389 e. The third-order valence-corrected chi connectivity index (χ3v) is 7.79. The molecule has 5 rings (SSSR count). The van der Waals surface area contributed by atoms with Crippen LogP contribution < -0.4 is 15.5 Å². The van der Waals surface area contributed by atoms with Crippen molar-refractivity contribution < 1.29 is 5.11 Å². The van der Waals surface area contributed by atoms with Crippen LogP contribution in [0.4, 0.5) is 11.5 Å². The Labute approximate surface area is 220 Å². The van der Waals surface area contributed by atoms with Gasteiger partial charge in [0.1, 0.15) is 5.82 Å². The molecule has 2 fully saturated rings. The van der Waals surface area contributed by atoms with Crippen LogP contribution in [-0.2, 0) is 0 Å². The number of aromatic nitrogens is 1. The van der Waals surface area contributed by atoms with Crippen LogP contribution in [-0.4, -0.2) is 41.3 Å². The summed E-state index contributed by atoms with van der Waals surface area (Å²) < 4.78 is 0. The topological polar surface area (TPSA) is 84.2 Å². The first-order valence-electron chi connectivity index (χ1n) is 13.6. The number of pyridine rings is 1. The van der Waals surface area contributed by atoms with Crippen LogP contribution in [0.25, 0.3) is 11.1 Å². The number of aliphatic hydroxyl groups is 1. The van der Waals surface area contributed by atoms with E-state index in [0.717, 1.165) is 48.4 Å². The molecule has 2 aromatic carbocycles. The molecule has 6 nitrogen and oxygen atoms in total. The normalized spacial score (nSPS) is 22.7. The second kappa shape index (κ2) is 11.8. The Bertz CT molecular complexity index is 1220. The van der Waals surface area contributed by atoms with E-state index < -0.39 is 6.10 Å². The lowest BCUT2D eigenvalue weighted by molar-refractivity contribution is 0.199. The molecule has 1 saturated carbocycles. The molecule has 1 saturated heterocycles. The summed E-state index contributed by atoms with van der Waals surface area (Å²) in [5, 5.41) is 26.9. The molecule has 0 amide bonds. The summed E-state index contributed by atoms with van der Waals surface area (Å²) in [7, 11) is 0. The summed E-state index contributed by atoms with van der Waals surface area (Å²) in [6.45, 7) is 3.84. The van der Waals surface area contributed by atoms with E-state index in [0.29, 0.717) is 23.7 Å². The van der Waals surface area contributed by atoms with Gasteiger partial charge in [-0.05, 0) is 91.8 Å². The van der Waals surface area contributed by atoms with Gasteiger partial charge in [-0.1, -0.05) is 31.0 Å². The lowest BCUT2D eigenvalue weighted by Crippen LogP contribution is -2.54. The van der Waals surface area contributed by atoms with Gasteiger partial charge < -0.3 is 20.6 Å². The Hall–Kier alpha value is -3.40. The molecule has 0 radical (unpaired) electrons. The molecule has 0 bridgehead atoms. The number of piperidine rings is 1. The van der Waals surface area contributed by atoms with Crippen molar-refractivity contribution in [3.05, 3.63) is 78.0 Å². The van der Waals surface area contributed by atoms with E-state index >= 15 is 0 Å². The van der Waals surface area contributed by atoms with Crippen LogP contribution >= 0.6 is 0 Å². The van der Waals surface area contributed by atoms with Gasteiger partial charge in [0.25, 0.3) is 0 Å². The van der Waals surface area contributed by atoms with Crippen LogP contribution in [0.1, 0.15) is 62.7 Å². The smallest absolute Gasteiger partial charge is 0.126 e. The van der Waals surface area contributed by atoms with Crippen LogP contribution in [0.3, 0.4) is 0 Å². The van der Waals surface area contributed by atoms with Crippen LogP contribution in [0.15, 0.2) is 66.9 Å². The zero-order valence-electron chi connectivity index (χ0n) is 21.6. The van der Waals surface area contributed by atoms with Crippen molar-refractivity contribution in [2.75, 3.05) is 23.3 Å². The zero-order chi connectivity index (χ0) is 25.6. The average Bonchev–Trinajstić information content (AvgIpc) is 2.94. The highest BCUT2D eigenvalue weighted by atomic mass is 16.3. The van der Waals surface area contributed by atoms with E-state index in [1.165, 1.54) is 31.4 Å².